The second-order valence-electron chi connectivity index (χ2n) is 9.15. The molecule has 7 nitrogen and oxygen atoms in total. The van der Waals surface area contributed by atoms with Crippen molar-refractivity contribution in [2.75, 3.05) is 17.4 Å². The molecule has 40 heavy (non-hydrogen) atoms. The van der Waals surface area contributed by atoms with Gasteiger partial charge in [0.05, 0.1) is 10.6 Å². The van der Waals surface area contributed by atoms with E-state index >= 15 is 0 Å². The molecular formula is C29H32Cl3N3O4S. The molecule has 3 aromatic rings. The Labute approximate surface area is 251 Å². The van der Waals surface area contributed by atoms with E-state index in [-0.39, 0.29) is 29.5 Å². The lowest BCUT2D eigenvalue weighted by Crippen LogP contribution is -2.52. The number of sulfonamides is 1. The van der Waals surface area contributed by atoms with Crippen LogP contribution in [-0.2, 0) is 26.2 Å². The van der Waals surface area contributed by atoms with Gasteiger partial charge in [0, 0.05) is 33.7 Å². The van der Waals surface area contributed by atoms with Gasteiger partial charge < -0.3 is 10.2 Å². The van der Waals surface area contributed by atoms with Gasteiger partial charge in [-0.1, -0.05) is 79.0 Å². The van der Waals surface area contributed by atoms with E-state index in [1.54, 1.807) is 68.4 Å². The number of halogens is 3. The summed E-state index contributed by atoms with van der Waals surface area (Å²) in [5, 5.41) is 3.85. The average molecular weight is 625 g/mol. The van der Waals surface area contributed by atoms with Gasteiger partial charge in [0.15, 0.2) is 0 Å². The molecule has 0 saturated heterocycles. The normalized spacial score (nSPS) is 12.1. The summed E-state index contributed by atoms with van der Waals surface area (Å²) in [6, 6.07) is 16.8. The first kappa shape index (κ1) is 31.7. The molecular weight excluding hydrogens is 593 g/mol. The predicted molar refractivity (Wildman–Crippen MR) is 162 cm³/mol. The molecule has 0 fully saturated rings. The molecule has 0 bridgehead atoms. The van der Waals surface area contributed by atoms with Crippen LogP contribution in [0.3, 0.4) is 0 Å². The van der Waals surface area contributed by atoms with Gasteiger partial charge in [-0.3, -0.25) is 13.9 Å². The third kappa shape index (κ3) is 7.29. The Hall–Kier alpha value is -2.78. The van der Waals surface area contributed by atoms with Gasteiger partial charge in [0.1, 0.15) is 12.6 Å². The van der Waals surface area contributed by atoms with Crippen LogP contribution in [0, 0.1) is 6.92 Å². The van der Waals surface area contributed by atoms with E-state index in [9.17, 15) is 18.0 Å². The summed E-state index contributed by atoms with van der Waals surface area (Å²) >= 11 is 19.2. The highest BCUT2D eigenvalue weighted by atomic mass is 35.5. The molecule has 0 heterocycles. The number of carbonyl (C=O) groups is 2. The zero-order valence-corrected chi connectivity index (χ0v) is 25.6. The topological polar surface area (TPSA) is 86.8 Å². The van der Waals surface area contributed by atoms with E-state index in [0.29, 0.717) is 39.2 Å². The Kier molecular flexibility index (Phi) is 11.3. The SMILES string of the molecule is CCCNC(=O)[C@@H](CC)N(Cc1c(Cl)cccc1Cl)C(=O)CN(c1cccc(Cl)c1C)S(=O)(=O)c1ccccc1. The van der Waals surface area contributed by atoms with Gasteiger partial charge in [0.25, 0.3) is 10.0 Å². The zero-order chi connectivity index (χ0) is 29.4. The smallest absolute Gasteiger partial charge is 0.264 e. The van der Waals surface area contributed by atoms with Gasteiger partial charge in [-0.15, -0.1) is 0 Å². The lowest BCUT2D eigenvalue weighted by atomic mass is 10.1. The fraction of sp³-hybridized carbons (Fsp3) is 0.310. The molecule has 2 amide bonds. The maximum Gasteiger partial charge on any atom is 0.264 e. The molecule has 0 saturated carbocycles. The number of nitrogens with one attached hydrogen (secondary N) is 1. The van der Waals surface area contributed by atoms with Crippen molar-refractivity contribution in [2.24, 2.45) is 0 Å². The average Bonchev–Trinajstić information content (AvgIpc) is 2.94. The maximum atomic E-state index is 14.1. The van der Waals surface area contributed by atoms with Crippen LogP contribution in [0.2, 0.25) is 15.1 Å². The highest BCUT2D eigenvalue weighted by Gasteiger charge is 2.34. The molecule has 0 unspecified atom stereocenters. The quantitative estimate of drug-likeness (QED) is 0.250. The summed E-state index contributed by atoms with van der Waals surface area (Å²) in [5.74, 6) is -0.953. The van der Waals surface area contributed by atoms with Crippen LogP contribution in [0.15, 0.2) is 71.6 Å². The van der Waals surface area contributed by atoms with Crippen LogP contribution in [0.25, 0.3) is 0 Å². The first-order chi connectivity index (χ1) is 19.0. The predicted octanol–water partition coefficient (Wildman–Crippen LogP) is 6.48. The molecule has 3 rings (SSSR count). The second kappa shape index (κ2) is 14.2. The summed E-state index contributed by atoms with van der Waals surface area (Å²) in [6.45, 7) is 5.14. The fourth-order valence-corrected chi connectivity index (χ4v) is 6.42. The van der Waals surface area contributed by atoms with Crippen molar-refractivity contribution in [3.63, 3.8) is 0 Å². The van der Waals surface area contributed by atoms with Crippen molar-refractivity contribution in [2.45, 2.75) is 51.1 Å². The molecule has 3 aromatic carbocycles. The van der Waals surface area contributed by atoms with Crippen LogP contribution in [0.5, 0.6) is 0 Å². The van der Waals surface area contributed by atoms with E-state index in [0.717, 1.165) is 4.31 Å². The number of carbonyl (C=O) groups excluding carboxylic acids is 2. The number of nitrogens with zero attached hydrogens (tertiary/aromatic N) is 2. The number of hydrogen-bond donors (Lipinski definition) is 1. The first-order valence-electron chi connectivity index (χ1n) is 12.9. The van der Waals surface area contributed by atoms with E-state index in [4.69, 9.17) is 34.8 Å². The van der Waals surface area contributed by atoms with Crippen molar-refractivity contribution in [3.05, 3.63) is 92.9 Å². The minimum atomic E-state index is -4.20. The third-order valence-corrected chi connectivity index (χ3v) is 9.33. The van der Waals surface area contributed by atoms with E-state index < -0.39 is 28.5 Å². The van der Waals surface area contributed by atoms with E-state index in [1.807, 2.05) is 6.92 Å². The zero-order valence-electron chi connectivity index (χ0n) is 22.5. The van der Waals surface area contributed by atoms with Gasteiger partial charge in [0.2, 0.25) is 11.8 Å². The number of benzene rings is 3. The molecule has 1 atom stereocenters. The fourth-order valence-electron chi connectivity index (χ4n) is 4.24. The Bertz CT molecular complexity index is 1430. The van der Waals surface area contributed by atoms with E-state index in [2.05, 4.69) is 5.32 Å². The van der Waals surface area contributed by atoms with Crippen molar-refractivity contribution < 1.29 is 18.0 Å². The standard InChI is InChI=1S/C29H32Cl3N3O4S/c1-4-17-33-29(37)26(5-2)34(18-22-24(31)14-9-15-25(22)32)28(36)19-35(27-16-10-13-23(30)20(27)3)40(38,39)21-11-7-6-8-12-21/h6-16,26H,4-5,17-19H2,1-3H3,(H,33,37)/t26-/m1/s1. The summed E-state index contributed by atoms with van der Waals surface area (Å²) < 4.78 is 28.9. The molecule has 214 valence electrons. The van der Waals surface area contributed by atoms with Gasteiger partial charge >= 0.3 is 0 Å². The molecule has 0 spiro atoms. The molecule has 0 aliphatic rings. The first-order valence-corrected chi connectivity index (χ1v) is 15.4. The molecule has 0 aliphatic carbocycles. The number of anilines is 1. The third-order valence-electron chi connectivity index (χ3n) is 6.44. The number of amides is 2. The van der Waals surface area contributed by atoms with Crippen LogP contribution in [0.4, 0.5) is 5.69 Å². The van der Waals surface area contributed by atoms with Crippen molar-refractivity contribution >= 4 is 62.3 Å². The van der Waals surface area contributed by atoms with Crippen molar-refractivity contribution in [1.82, 2.24) is 10.2 Å². The molecule has 0 aromatic heterocycles. The lowest BCUT2D eigenvalue weighted by molar-refractivity contribution is -0.140. The van der Waals surface area contributed by atoms with Gasteiger partial charge in [-0.05, 0) is 61.7 Å². The molecule has 1 N–H and O–H groups in total. The van der Waals surface area contributed by atoms with Gasteiger partial charge in [-0.25, -0.2) is 8.42 Å². The van der Waals surface area contributed by atoms with E-state index in [1.165, 1.54) is 17.0 Å². The van der Waals surface area contributed by atoms with Crippen molar-refractivity contribution in [3.8, 4) is 0 Å². The number of rotatable bonds is 12. The summed E-state index contributed by atoms with van der Waals surface area (Å²) in [6.07, 6.45) is 0.995. The van der Waals surface area contributed by atoms with Crippen LogP contribution in [0.1, 0.15) is 37.8 Å². The van der Waals surface area contributed by atoms with Crippen LogP contribution < -0.4 is 9.62 Å². The van der Waals surface area contributed by atoms with Crippen molar-refractivity contribution in [1.29, 1.82) is 0 Å². The summed E-state index contributed by atoms with van der Waals surface area (Å²) in [5.41, 5.74) is 1.20. The highest BCUT2D eigenvalue weighted by Crippen LogP contribution is 2.32. The largest absolute Gasteiger partial charge is 0.354 e. The van der Waals surface area contributed by atoms with Gasteiger partial charge in [-0.2, -0.15) is 0 Å². The summed E-state index contributed by atoms with van der Waals surface area (Å²) in [7, 11) is -4.20. The number of hydrogen-bond acceptors (Lipinski definition) is 4. The second-order valence-corrected chi connectivity index (χ2v) is 12.2. The Morgan fingerprint density at radius 2 is 1.48 bits per heavy atom. The summed E-state index contributed by atoms with van der Waals surface area (Å²) in [4.78, 5) is 28.7. The lowest BCUT2D eigenvalue weighted by Gasteiger charge is -2.34. The minimum Gasteiger partial charge on any atom is -0.354 e. The Morgan fingerprint density at radius 1 is 0.875 bits per heavy atom. The minimum absolute atomic E-state index is 0.00982. The Balaban J connectivity index is 2.12. The Morgan fingerprint density at radius 3 is 2.08 bits per heavy atom. The monoisotopic (exact) mass is 623 g/mol. The van der Waals surface area contributed by atoms with Crippen LogP contribution >= 0.6 is 34.8 Å². The molecule has 11 heteroatoms. The van der Waals surface area contributed by atoms with Crippen LogP contribution in [-0.4, -0.2) is 44.3 Å². The molecule has 0 radical (unpaired) electrons. The maximum absolute atomic E-state index is 14.1. The molecule has 0 aliphatic heterocycles. The highest BCUT2D eigenvalue weighted by molar-refractivity contribution is 7.92.